The number of carbonyl (C=O) groups is 1. The molecule has 0 atom stereocenters. The molecule has 7 heteroatoms. The third-order valence-corrected chi connectivity index (χ3v) is 7.90. The van der Waals surface area contributed by atoms with E-state index in [9.17, 15) is 4.79 Å². The molecule has 1 aromatic carbocycles. The Hall–Kier alpha value is -2.38. The minimum Gasteiger partial charge on any atom is -0.339 e. The first-order chi connectivity index (χ1) is 17.1. The highest BCUT2D eigenvalue weighted by Gasteiger charge is 2.18. The van der Waals surface area contributed by atoms with Gasteiger partial charge in [0.25, 0.3) is 5.91 Å². The molecule has 2 aromatic heterocycles. The van der Waals surface area contributed by atoms with Crippen LogP contribution in [0.5, 0.6) is 0 Å². The largest absolute Gasteiger partial charge is 0.339 e. The number of thiazole rings is 1. The van der Waals surface area contributed by atoms with E-state index in [0.29, 0.717) is 0 Å². The van der Waals surface area contributed by atoms with Gasteiger partial charge in [-0.2, -0.15) is 0 Å². The maximum absolute atomic E-state index is 13.6. The van der Waals surface area contributed by atoms with Gasteiger partial charge in [0, 0.05) is 29.7 Å². The summed E-state index contributed by atoms with van der Waals surface area (Å²) in [5.74, 6) is 0.944. The highest BCUT2D eigenvalue weighted by atomic mass is 32.2. The van der Waals surface area contributed by atoms with Gasteiger partial charge in [-0.1, -0.05) is 87.6 Å². The average Bonchev–Trinajstić information content (AvgIpc) is 3.31. The van der Waals surface area contributed by atoms with Gasteiger partial charge in [0.05, 0.1) is 10.4 Å². The number of aryl methyl sites for hydroxylation is 1. The third-order valence-electron chi connectivity index (χ3n) is 5.89. The van der Waals surface area contributed by atoms with E-state index in [2.05, 4.69) is 52.2 Å². The van der Waals surface area contributed by atoms with E-state index in [1.54, 1.807) is 29.3 Å². The number of hydrogen-bond donors (Lipinski definition) is 1. The van der Waals surface area contributed by atoms with Crippen molar-refractivity contribution in [2.24, 2.45) is 0 Å². The first-order valence-corrected chi connectivity index (χ1v) is 14.5. The number of aromatic nitrogens is 2. The Morgan fingerprint density at radius 3 is 2.37 bits per heavy atom. The van der Waals surface area contributed by atoms with Crippen LogP contribution >= 0.6 is 23.1 Å². The zero-order valence-electron chi connectivity index (χ0n) is 21.3. The Morgan fingerprint density at radius 1 is 0.971 bits per heavy atom. The number of benzene rings is 1. The molecule has 1 amide bonds. The van der Waals surface area contributed by atoms with Gasteiger partial charge in [-0.25, -0.2) is 9.97 Å². The Balaban J connectivity index is 1.68. The minimum atomic E-state index is 0.166. The molecule has 0 fully saturated rings. The summed E-state index contributed by atoms with van der Waals surface area (Å²) < 4.78 is 1.07. The van der Waals surface area contributed by atoms with Crippen LogP contribution < -0.4 is 5.32 Å². The molecule has 5 nitrogen and oxygen atoms in total. The summed E-state index contributed by atoms with van der Waals surface area (Å²) >= 11 is 3.23. The molecular weight excluding hydrogens is 472 g/mol. The smallest absolute Gasteiger partial charge is 0.254 e. The Bertz CT molecular complexity index is 1030. The van der Waals surface area contributed by atoms with Crippen LogP contribution in [-0.4, -0.2) is 33.9 Å². The van der Waals surface area contributed by atoms with Gasteiger partial charge in [-0.05, 0) is 49.6 Å². The number of carbonyl (C=O) groups excluding carboxylic acids is 1. The van der Waals surface area contributed by atoms with E-state index >= 15 is 0 Å². The zero-order chi connectivity index (χ0) is 24.9. The molecular formula is C28H38N4OS2. The Morgan fingerprint density at radius 2 is 1.71 bits per heavy atom. The molecule has 0 unspecified atom stereocenters. The molecule has 0 bridgehead atoms. The maximum atomic E-state index is 13.6. The number of rotatable bonds is 15. The van der Waals surface area contributed by atoms with Gasteiger partial charge in [0.15, 0.2) is 5.13 Å². The van der Waals surface area contributed by atoms with E-state index < -0.39 is 0 Å². The number of amides is 1. The number of hydrogen-bond acceptors (Lipinski definition) is 6. The molecule has 1 N–H and O–H groups in total. The summed E-state index contributed by atoms with van der Waals surface area (Å²) in [5, 5.41) is 4.05. The molecule has 3 rings (SSSR count). The number of pyridine rings is 1. The molecule has 0 spiro atoms. The minimum absolute atomic E-state index is 0.166. The molecule has 0 saturated heterocycles. The lowest BCUT2D eigenvalue weighted by atomic mass is 10.1. The Labute approximate surface area is 218 Å². The summed E-state index contributed by atoms with van der Waals surface area (Å²) in [4.78, 5) is 25.5. The van der Waals surface area contributed by atoms with Crippen LogP contribution in [-0.2, 0) is 0 Å². The SMILES string of the molecule is CCCCCCN(CCCCCC)C(=O)c1cc(Sc2cnc(Nc3ccccn3)s2)ccc1C. The van der Waals surface area contributed by atoms with E-state index in [0.717, 1.165) is 57.1 Å². The number of anilines is 2. The Kier molecular flexibility index (Phi) is 11.6. The van der Waals surface area contributed by atoms with Crippen LogP contribution in [0.2, 0.25) is 0 Å². The predicted octanol–water partition coefficient (Wildman–Crippen LogP) is 8.34. The lowest BCUT2D eigenvalue weighted by Gasteiger charge is -2.24. The van der Waals surface area contributed by atoms with Crippen molar-refractivity contribution in [1.82, 2.24) is 14.9 Å². The topological polar surface area (TPSA) is 58.1 Å². The van der Waals surface area contributed by atoms with Crippen molar-refractivity contribution < 1.29 is 4.79 Å². The molecule has 2 heterocycles. The second kappa shape index (κ2) is 14.9. The van der Waals surface area contributed by atoms with Gasteiger partial charge >= 0.3 is 0 Å². The fraction of sp³-hybridized carbons (Fsp3) is 0.464. The van der Waals surface area contributed by atoms with Crippen molar-refractivity contribution in [2.45, 2.75) is 81.2 Å². The average molecular weight is 511 g/mol. The molecule has 0 saturated carbocycles. The number of unbranched alkanes of at least 4 members (excludes halogenated alkanes) is 6. The maximum Gasteiger partial charge on any atom is 0.254 e. The first kappa shape index (κ1) is 27.2. The van der Waals surface area contributed by atoms with E-state index in [4.69, 9.17) is 0 Å². The lowest BCUT2D eigenvalue weighted by Crippen LogP contribution is -2.33. The molecule has 188 valence electrons. The van der Waals surface area contributed by atoms with Gasteiger partial charge in [-0.15, -0.1) is 0 Å². The monoisotopic (exact) mass is 510 g/mol. The van der Waals surface area contributed by atoms with Crippen molar-refractivity contribution >= 4 is 40.0 Å². The summed E-state index contributed by atoms with van der Waals surface area (Å²) in [7, 11) is 0. The first-order valence-electron chi connectivity index (χ1n) is 12.8. The van der Waals surface area contributed by atoms with Crippen molar-refractivity contribution in [3.8, 4) is 0 Å². The summed E-state index contributed by atoms with van der Waals surface area (Å²) in [6, 6.07) is 12.0. The molecule has 35 heavy (non-hydrogen) atoms. The standard InChI is InChI=1S/C28H38N4OS2/c1-4-6-8-12-18-32(19-13-9-7-5-2)27(33)24-20-23(16-15-22(24)3)34-26-21-30-28(35-26)31-25-14-10-11-17-29-25/h10-11,14-17,20-21H,4-9,12-13,18-19H2,1-3H3,(H,29,30,31). The molecule has 0 aliphatic carbocycles. The van der Waals surface area contributed by atoms with Crippen molar-refractivity contribution in [3.63, 3.8) is 0 Å². The van der Waals surface area contributed by atoms with Crippen molar-refractivity contribution in [3.05, 3.63) is 59.9 Å². The number of nitrogens with zero attached hydrogens (tertiary/aromatic N) is 3. The lowest BCUT2D eigenvalue weighted by molar-refractivity contribution is 0.0748. The van der Waals surface area contributed by atoms with Crippen LogP contribution in [0, 0.1) is 6.92 Å². The van der Waals surface area contributed by atoms with Gasteiger partial charge in [0.1, 0.15) is 5.82 Å². The van der Waals surface area contributed by atoms with E-state index in [-0.39, 0.29) is 5.91 Å². The van der Waals surface area contributed by atoms with Crippen molar-refractivity contribution in [1.29, 1.82) is 0 Å². The zero-order valence-corrected chi connectivity index (χ0v) is 22.9. The van der Waals surface area contributed by atoms with Crippen LogP contribution in [0.3, 0.4) is 0 Å². The van der Waals surface area contributed by atoms with E-state index in [1.165, 1.54) is 38.5 Å². The number of nitrogens with one attached hydrogen (secondary N) is 1. The summed E-state index contributed by atoms with van der Waals surface area (Å²) in [6.07, 6.45) is 13.0. The van der Waals surface area contributed by atoms with E-state index in [1.807, 2.05) is 31.3 Å². The second-order valence-corrected chi connectivity index (χ2v) is 11.2. The van der Waals surface area contributed by atoms with Crippen LogP contribution in [0.25, 0.3) is 0 Å². The van der Waals surface area contributed by atoms with Crippen LogP contribution in [0.1, 0.15) is 81.1 Å². The van der Waals surface area contributed by atoms with Gasteiger partial charge < -0.3 is 10.2 Å². The fourth-order valence-corrected chi connectivity index (χ4v) is 5.77. The molecule has 0 aliphatic heterocycles. The fourth-order valence-electron chi connectivity index (χ4n) is 3.87. The summed E-state index contributed by atoms with van der Waals surface area (Å²) in [5.41, 5.74) is 1.85. The predicted molar refractivity (Wildman–Crippen MR) is 149 cm³/mol. The summed E-state index contributed by atoms with van der Waals surface area (Å²) in [6.45, 7) is 8.18. The van der Waals surface area contributed by atoms with Crippen molar-refractivity contribution in [2.75, 3.05) is 18.4 Å². The highest BCUT2D eigenvalue weighted by Crippen LogP contribution is 2.35. The quantitative estimate of drug-likeness (QED) is 0.208. The highest BCUT2D eigenvalue weighted by molar-refractivity contribution is 8.01. The molecule has 0 radical (unpaired) electrons. The normalized spacial score (nSPS) is 10.9. The van der Waals surface area contributed by atoms with Crippen LogP contribution in [0.4, 0.5) is 10.9 Å². The third kappa shape index (κ3) is 8.97. The molecule has 3 aromatic rings. The second-order valence-electron chi connectivity index (χ2n) is 8.82. The molecule has 0 aliphatic rings. The van der Waals surface area contributed by atoms with Gasteiger partial charge in [-0.3, -0.25) is 4.79 Å². The van der Waals surface area contributed by atoms with Gasteiger partial charge in [0.2, 0.25) is 0 Å². The van der Waals surface area contributed by atoms with Crippen LogP contribution in [0.15, 0.2) is 57.9 Å².